The lowest BCUT2D eigenvalue weighted by Crippen LogP contribution is -2.46. The molecule has 0 aliphatic carbocycles. The second-order valence-corrected chi connectivity index (χ2v) is 4.17. The summed E-state index contributed by atoms with van der Waals surface area (Å²) >= 11 is 4.78. The van der Waals surface area contributed by atoms with E-state index in [4.69, 9.17) is 17.4 Å². The van der Waals surface area contributed by atoms with E-state index in [-0.39, 0.29) is 5.56 Å². The first-order chi connectivity index (χ1) is 8.14. The third-order valence-corrected chi connectivity index (χ3v) is 2.55. The quantitative estimate of drug-likeness (QED) is 0.387. The Morgan fingerprint density at radius 3 is 2.28 bits per heavy atom. The van der Waals surface area contributed by atoms with Gasteiger partial charge in [0.1, 0.15) is 6.04 Å². The Balaban J connectivity index is 2.92. The third-order valence-electron chi connectivity index (χ3n) is 2.29. The van der Waals surface area contributed by atoms with Crippen LogP contribution in [-0.4, -0.2) is 11.4 Å². The SMILES string of the molecule is NNC(Cc1cccc(C(F)(F)F)c1)C(F)(F)Cl. The monoisotopic (exact) mass is 288 g/mol. The third kappa shape index (κ3) is 4.08. The lowest BCUT2D eigenvalue weighted by atomic mass is 10.0. The fourth-order valence-electron chi connectivity index (χ4n) is 1.38. The molecule has 0 heterocycles. The summed E-state index contributed by atoms with van der Waals surface area (Å²) in [5.74, 6) is 4.89. The molecule has 0 bridgehead atoms. The van der Waals surface area contributed by atoms with E-state index < -0.39 is 29.6 Å². The smallest absolute Gasteiger partial charge is 0.271 e. The van der Waals surface area contributed by atoms with Crippen molar-refractivity contribution in [2.45, 2.75) is 24.0 Å². The van der Waals surface area contributed by atoms with Crippen molar-refractivity contribution >= 4 is 11.6 Å². The highest BCUT2D eigenvalue weighted by molar-refractivity contribution is 6.22. The van der Waals surface area contributed by atoms with Gasteiger partial charge in [-0.05, 0) is 29.7 Å². The average Bonchev–Trinajstić information content (AvgIpc) is 2.23. The summed E-state index contributed by atoms with van der Waals surface area (Å²) in [6, 6.07) is 2.42. The summed E-state index contributed by atoms with van der Waals surface area (Å²) in [5, 5.41) is -3.65. The number of hydrogen-bond acceptors (Lipinski definition) is 2. The molecule has 0 aromatic heterocycles. The van der Waals surface area contributed by atoms with Crippen molar-refractivity contribution in [1.82, 2.24) is 5.43 Å². The van der Waals surface area contributed by atoms with Gasteiger partial charge < -0.3 is 0 Å². The second kappa shape index (κ2) is 5.38. The highest BCUT2D eigenvalue weighted by Gasteiger charge is 2.37. The minimum absolute atomic E-state index is 0.0631. The molecule has 1 rings (SSSR count). The predicted octanol–water partition coefficient (Wildman–Crippen LogP) is 2.91. The highest BCUT2D eigenvalue weighted by Crippen LogP contribution is 2.31. The van der Waals surface area contributed by atoms with E-state index >= 15 is 0 Å². The largest absolute Gasteiger partial charge is 0.416 e. The minimum Gasteiger partial charge on any atom is -0.271 e. The molecule has 0 saturated heterocycles. The van der Waals surface area contributed by atoms with Gasteiger partial charge >= 0.3 is 11.6 Å². The van der Waals surface area contributed by atoms with Crippen LogP contribution in [0.5, 0.6) is 0 Å². The van der Waals surface area contributed by atoms with Gasteiger partial charge in [-0.15, -0.1) is 0 Å². The van der Waals surface area contributed by atoms with Crippen LogP contribution in [-0.2, 0) is 12.6 Å². The van der Waals surface area contributed by atoms with E-state index in [0.717, 1.165) is 18.2 Å². The summed E-state index contributed by atoms with van der Waals surface area (Å²) in [4.78, 5) is 0. The van der Waals surface area contributed by atoms with Crippen LogP contribution in [0.25, 0.3) is 0 Å². The van der Waals surface area contributed by atoms with Gasteiger partial charge in [0.25, 0.3) is 0 Å². The molecule has 8 heteroatoms. The second-order valence-electron chi connectivity index (χ2n) is 3.66. The number of hydrazine groups is 1. The molecule has 0 saturated carbocycles. The summed E-state index contributed by atoms with van der Waals surface area (Å²) in [5.41, 5.74) is 0.940. The molecular formula is C10H10ClF5N2. The van der Waals surface area contributed by atoms with Gasteiger partial charge in [0.05, 0.1) is 5.56 Å². The van der Waals surface area contributed by atoms with Crippen LogP contribution >= 0.6 is 11.6 Å². The number of hydrogen-bond donors (Lipinski definition) is 2. The van der Waals surface area contributed by atoms with Crippen molar-refractivity contribution in [3.63, 3.8) is 0 Å². The van der Waals surface area contributed by atoms with Crippen molar-refractivity contribution in [3.05, 3.63) is 35.4 Å². The Morgan fingerprint density at radius 2 is 1.83 bits per heavy atom. The first-order valence-corrected chi connectivity index (χ1v) is 5.21. The van der Waals surface area contributed by atoms with Crippen LogP contribution in [0.2, 0.25) is 0 Å². The van der Waals surface area contributed by atoms with Crippen LogP contribution < -0.4 is 11.3 Å². The summed E-state index contributed by atoms with van der Waals surface area (Å²) in [7, 11) is 0. The molecule has 3 N–H and O–H groups in total. The maximum atomic E-state index is 12.8. The Hall–Kier alpha value is -0.920. The van der Waals surface area contributed by atoms with E-state index in [0.29, 0.717) is 0 Å². The zero-order valence-electron chi connectivity index (χ0n) is 8.94. The Kier molecular flexibility index (Phi) is 4.52. The van der Waals surface area contributed by atoms with E-state index in [1.807, 2.05) is 0 Å². The highest BCUT2D eigenvalue weighted by atomic mass is 35.5. The zero-order chi connectivity index (χ0) is 14.0. The average molecular weight is 289 g/mol. The lowest BCUT2D eigenvalue weighted by Gasteiger charge is -2.21. The van der Waals surface area contributed by atoms with Gasteiger partial charge in [0, 0.05) is 0 Å². The van der Waals surface area contributed by atoms with Gasteiger partial charge in [0.2, 0.25) is 0 Å². The number of halogens is 6. The normalized spacial score (nSPS) is 14.6. The van der Waals surface area contributed by atoms with Gasteiger partial charge in [-0.3, -0.25) is 5.84 Å². The fourth-order valence-corrected chi connectivity index (χ4v) is 1.52. The Bertz CT molecular complexity index is 402. The zero-order valence-corrected chi connectivity index (χ0v) is 9.69. The minimum atomic E-state index is -4.52. The molecule has 1 unspecified atom stereocenters. The molecule has 0 amide bonds. The van der Waals surface area contributed by atoms with Gasteiger partial charge in [-0.2, -0.15) is 22.0 Å². The molecular weight excluding hydrogens is 279 g/mol. The molecule has 18 heavy (non-hydrogen) atoms. The molecule has 0 fully saturated rings. The molecule has 0 aliphatic rings. The van der Waals surface area contributed by atoms with Crippen molar-refractivity contribution < 1.29 is 22.0 Å². The summed E-state index contributed by atoms with van der Waals surface area (Å²) in [6.07, 6.45) is -4.94. The molecule has 1 atom stereocenters. The van der Waals surface area contributed by atoms with Crippen LogP contribution in [0.1, 0.15) is 11.1 Å². The van der Waals surface area contributed by atoms with Crippen LogP contribution in [0, 0.1) is 0 Å². The van der Waals surface area contributed by atoms with E-state index in [9.17, 15) is 22.0 Å². The summed E-state index contributed by atoms with van der Waals surface area (Å²) < 4.78 is 62.8. The lowest BCUT2D eigenvalue weighted by molar-refractivity contribution is -0.137. The number of nitrogens with one attached hydrogen (secondary N) is 1. The molecule has 1 aromatic carbocycles. The maximum absolute atomic E-state index is 12.8. The molecule has 0 spiro atoms. The topological polar surface area (TPSA) is 38.0 Å². The number of nitrogens with two attached hydrogens (primary N) is 1. The maximum Gasteiger partial charge on any atom is 0.416 e. The van der Waals surface area contributed by atoms with Gasteiger partial charge in [-0.1, -0.05) is 18.2 Å². The number of benzene rings is 1. The van der Waals surface area contributed by atoms with Crippen molar-refractivity contribution in [2.24, 2.45) is 5.84 Å². The van der Waals surface area contributed by atoms with Crippen LogP contribution in [0.3, 0.4) is 0 Å². The predicted molar refractivity (Wildman–Crippen MR) is 57.1 cm³/mol. The van der Waals surface area contributed by atoms with Crippen LogP contribution in [0.4, 0.5) is 22.0 Å². The molecule has 0 aliphatic heterocycles. The molecule has 1 aromatic rings. The van der Waals surface area contributed by atoms with Gasteiger partial charge in [-0.25, -0.2) is 5.43 Å². The van der Waals surface area contributed by atoms with Crippen LogP contribution in [0.15, 0.2) is 24.3 Å². The molecule has 0 radical (unpaired) electrons. The Morgan fingerprint density at radius 1 is 1.22 bits per heavy atom. The van der Waals surface area contributed by atoms with Crippen molar-refractivity contribution in [1.29, 1.82) is 0 Å². The molecule has 102 valence electrons. The van der Waals surface area contributed by atoms with E-state index in [1.165, 1.54) is 6.07 Å². The van der Waals surface area contributed by atoms with E-state index in [1.54, 1.807) is 5.43 Å². The number of rotatable bonds is 4. The van der Waals surface area contributed by atoms with E-state index in [2.05, 4.69) is 0 Å². The standard InChI is InChI=1S/C10H10ClF5N2/c11-9(12,13)8(18-17)5-6-2-1-3-7(4-6)10(14,15)16/h1-4,8,18H,5,17H2. The van der Waals surface area contributed by atoms with Crippen molar-refractivity contribution in [2.75, 3.05) is 0 Å². The Labute approximate surface area is 105 Å². The first kappa shape index (κ1) is 15.1. The number of alkyl halides is 6. The summed E-state index contributed by atoms with van der Waals surface area (Å²) in [6.45, 7) is 0. The van der Waals surface area contributed by atoms with Crippen molar-refractivity contribution in [3.8, 4) is 0 Å². The first-order valence-electron chi connectivity index (χ1n) is 4.83. The molecule has 2 nitrogen and oxygen atoms in total. The fraction of sp³-hybridized carbons (Fsp3) is 0.400. The van der Waals surface area contributed by atoms with Gasteiger partial charge in [0.15, 0.2) is 0 Å².